The molecule has 1 aliphatic heterocycles. The van der Waals surface area contributed by atoms with Gasteiger partial charge in [0.15, 0.2) is 0 Å². The van der Waals surface area contributed by atoms with Crippen LogP contribution in [-0.2, 0) is 0 Å². The van der Waals surface area contributed by atoms with Crippen LogP contribution in [-0.4, -0.2) is 37.6 Å². The third-order valence-electron chi connectivity index (χ3n) is 3.80. The molecule has 2 atom stereocenters. The molecule has 0 aromatic heterocycles. The van der Waals surface area contributed by atoms with Crippen LogP contribution in [0.5, 0.6) is 0 Å². The molecule has 0 spiro atoms. The molecule has 2 rings (SSSR count). The number of benzene rings is 1. The lowest BCUT2D eigenvalue weighted by Crippen LogP contribution is -2.50. The number of likely N-dealkylation sites (N-methyl/N-ethyl adjacent to an activating group) is 1. The Bertz CT molecular complexity index is 420. The van der Waals surface area contributed by atoms with Crippen molar-refractivity contribution in [1.29, 1.82) is 0 Å². The molecular weight excluding hydrogens is 229 g/mol. The van der Waals surface area contributed by atoms with Crippen LogP contribution >= 0.6 is 0 Å². The molecule has 0 bridgehead atoms. The lowest BCUT2D eigenvalue weighted by atomic mass is 10.1. The van der Waals surface area contributed by atoms with Gasteiger partial charge in [0.1, 0.15) is 5.82 Å². The van der Waals surface area contributed by atoms with Crippen LogP contribution in [0.1, 0.15) is 25.5 Å². The Hall–Kier alpha value is -1.13. The summed E-state index contributed by atoms with van der Waals surface area (Å²) in [7, 11) is 2.11. The van der Waals surface area contributed by atoms with Gasteiger partial charge in [0, 0.05) is 31.7 Å². The van der Waals surface area contributed by atoms with Crippen molar-refractivity contribution in [3.05, 3.63) is 29.6 Å². The van der Waals surface area contributed by atoms with Gasteiger partial charge < -0.3 is 15.5 Å². The zero-order chi connectivity index (χ0) is 13.3. The lowest BCUT2D eigenvalue weighted by molar-refractivity contribution is 0.233. The van der Waals surface area contributed by atoms with E-state index in [1.165, 1.54) is 0 Å². The van der Waals surface area contributed by atoms with E-state index in [1.54, 1.807) is 6.07 Å². The maximum absolute atomic E-state index is 14.1. The maximum Gasteiger partial charge on any atom is 0.146 e. The molecule has 100 valence electrons. The summed E-state index contributed by atoms with van der Waals surface area (Å²) in [5, 5.41) is 0. The SMILES string of the molecule is CC1CN(c2ccc([C@@H](C)N)cc2F)CCN1C. The van der Waals surface area contributed by atoms with Crippen LogP contribution in [0, 0.1) is 5.82 Å². The summed E-state index contributed by atoms with van der Waals surface area (Å²) in [6, 6.07) is 5.66. The minimum atomic E-state index is -0.165. The van der Waals surface area contributed by atoms with Gasteiger partial charge >= 0.3 is 0 Å². The second-order valence-corrected chi connectivity index (χ2v) is 5.28. The average molecular weight is 251 g/mol. The van der Waals surface area contributed by atoms with E-state index >= 15 is 0 Å². The quantitative estimate of drug-likeness (QED) is 0.872. The van der Waals surface area contributed by atoms with E-state index in [4.69, 9.17) is 5.73 Å². The molecule has 1 heterocycles. The van der Waals surface area contributed by atoms with Gasteiger partial charge in [-0.1, -0.05) is 6.07 Å². The fraction of sp³-hybridized carbons (Fsp3) is 0.571. The summed E-state index contributed by atoms with van der Waals surface area (Å²) in [6.07, 6.45) is 0. The molecule has 18 heavy (non-hydrogen) atoms. The Kier molecular flexibility index (Phi) is 3.88. The Morgan fingerprint density at radius 1 is 1.39 bits per heavy atom. The monoisotopic (exact) mass is 251 g/mol. The zero-order valence-corrected chi connectivity index (χ0v) is 11.4. The van der Waals surface area contributed by atoms with Gasteiger partial charge in [-0.3, -0.25) is 0 Å². The predicted octanol–water partition coefficient (Wildman–Crippen LogP) is 1.99. The van der Waals surface area contributed by atoms with Gasteiger partial charge in [-0.25, -0.2) is 4.39 Å². The minimum Gasteiger partial charge on any atom is -0.366 e. The Morgan fingerprint density at radius 3 is 2.67 bits per heavy atom. The molecule has 1 fully saturated rings. The third kappa shape index (κ3) is 2.65. The molecule has 1 aromatic rings. The van der Waals surface area contributed by atoms with E-state index in [0.717, 1.165) is 25.2 Å². The van der Waals surface area contributed by atoms with Crippen LogP contribution in [0.15, 0.2) is 18.2 Å². The molecule has 1 saturated heterocycles. The minimum absolute atomic E-state index is 0.125. The van der Waals surface area contributed by atoms with Crippen LogP contribution in [0.4, 0.5) is 10.1 Å². The van der Waals surface area contributed by atoms with Crippen molar-refractivity contribution in [2.75, 3.05) is 31.6 Å². The molecule has 1 aromatic carbocycles. The summed E-state index contributed by atoms with van der Waals surface area (Å²) < 4.78 is 14.1. The average Bonchev–Trinajstić information content (AvgIpc) is 2.32. The highest BCUT2D eigenvalue weighted by Crippen LogP contribution is 2.24. The highest BCUT2D eigenvalue weighted by molar-refractivity contribution is 5.50. The fourth-order valence-electron chi connectivity index (χ4n) is 2.33. The van der Waals surface area contributed by atoms with Crippen molar-refractivity contribution in [3.63, 3.8) is 0 Å². The van der Waals surface area contributed by atoms with E-state index in [0.29, 0.717) is 11.7 Å². The molecule has 2 N–H and O–H groups in total. The molecule has 0 radical (unpaired) electrons. The summed E-state index contributed by atoms with van der Waals surface area (Å²) in [5.74, 6) is -0.165. The normalized spacial score (nSPS) is 23.2. The topological polar surface area (TPSA) is 32.5 Å². The van der Waals surface area contributed by atoms with E-state index < -0.39 is 0 Å². The number of halogens is 1. The third-order valence-corrected chi connectivity index (χ3v) is 3.80. The molecule has 0 amide bonds. The number of hydrogen-bond acceptors (Lipinski definition) is 3. The van der Waals surface area contributed by atoms with Crippen molar-refractivity contribution in [3.8, 4) is 0 Å². The summed E-state index contributed by atoms with van der Waals surface area (Å²) in [6.45, 7) is 6.74. The first-order valence-electron chi connectivity index (χ1n) is 6.49. The van der Waals surface area contributed by atoms with Crippen molar-refractivity contribution < 1.29 is 4.39 Å². The zero-order valence-electron chi connectivity index (χ0n) is 11.4. The van der Waals surface area contributed by atoms with Gasteiger partial charge in [-0.15, -0.1) is 0 Å². The lowest BCUT2D eigenvalue weighted by Gasteiger charge is -2.39. The summed E-state index contributed by atoms with van der Waals surface area (Å²) >= 11 is 0. The van der Waals surface area contributed by atoms with Crippen LogP contribution in [0.25, 0.3) is 0 Å². The van der Waals surface area contributed by atoms with Crippen molar-refractivity contribution in [1.82, 2.24) is 4.90 Å². The first-order chi connectivity index (χ1) is 8.49. The predicted molar refractivity (Wildman–Crippen MR) is 73.3 cm³/mol. The van der Waals surface area contributed by atoms with Crippen LogP contribution in [0.3, 0.4) is 0 Å². The number of hydrogen-bond donors (Lipinski definition) is 1. The van der Waals surface area contributed by atoms with Crippen molar-refractivity contribution in [2.45, 2.75) is 25.9 Å². The first kappa shape index (κ1) is 13.3. The maximum atomic E-state index is 14.1. The fourth-order valence-corrected chi connectivity index (χ4v) is 2.33. The van der Waals surface area contributed by atoms with Gasteiger partial charge in [0.2, 0.25) is 0 Å². The van der Waals surface area contributed by atoms with Crippen LogP contribution < -0.4 is 10.6 Å². The molecular formula is C14H22FN3. The van der Waals surface area contributed by atoms with E-state index in [9.17, 15) is 4.39 Å². The Balaban J connectivity index is 2.19. The van der Waals surface area contributed by atoms with E-state index in [-0.39, 0.29) is 11.9 Å². The second kappa shape index (κ2) is 5.24. The van der Waals surface area contributed by atoms with Gasteiger partial charge in [-0.05, 0) is 38.6 Å². The molecule has 3 nitrogen and oxygen atoms in total. The molecule has 1 unspecified atom stereocenters. The van der Waals surface area contributed by atoms with Crippen LogP contribution in [0.2, 0.25) is 0 Å². The molecule has 4 heteroatoms. The number of anilines is 1. The van der Waals surface area contributed by atoms with Gasteiger partial charge in [0.05, 0.1) is 5.69 Å². The van der Waals surface area contributed by atoms with E-state index in [2.05, 4.69) is 23.8 Å². The highest BCUT2D eigenvalue weighted by atomic mass is 19.1. The van der Waals surface area contributed by atoms with E-state index in [1.807, 2.05) is 19.1 Å². The van der Waals surface area contributed by atoms with Crippen molar-refractivity contribution in [2.24, 2.45) is 5.73 Å². The Labute approximate surface area is 108 Å². The number of piperazine rings is 1. The van der Waals surface area contributed by atoms with Gasteiger partial charge in [0.25, 0.3) is 0 Å². The number of nitrogens with zero attached hydrogens (tertiary/aromatic N) is 2. The number of rotatable bonds is 2. The molecule has 0 saturated carbocycles. The van der Waals surface area contributed by atoms with Crippen molar-refractivity contribution >= 4 is 5.69 Å². The molecule has 0 aliphatic carbocycles. The highest BCUT2D eigenvalue weighted by Gasteiger charge is 2.22. The Morgan fingerprint density at radius 2 is 2.11 bits per heavy atom. The summed E-state index contributed by atoms with van der Waals surface area (Å²) in [4.78, 5) is 4.41. The van der Waals surface area contributed by atoms with Gasteiger partial charge in [-0.2, -0.15) is 0 Å². The largest absolute Gasteiger partial charge is 0.366 e. The first-order valence-corrected chi connectivity index (χ1v) is 6.49. The number of nitrogens with two attached hydrogens (primary N) is 1. The summed E-state index contributed by atoms with van der Waals surface area (Å²) in [5.41, 5.74) is 7.30. The molecule has 1 aliphatic rings. The second-order valence-electron chi connectivity index (χ2n) is 5.28. The standard InChI is InChI=1S/C14H22FN3/c1-10-9-18(7-6-17(10)3)14-5-4-12(11(2)16)8-13(14)15/h4-5,8,10-11H,6-7,9,16H2,1-3H3/t10?,11-/m1/s1. The smallest absolute Gasteiger partial charge is 0.146 e.